The predicted molar refractivity (Wildman–Crippen MR) is 55.7 cm³/mol. The topological polar surface area (TPSA) is 18.5 Å². The van der Waals surface area contributed by atoms with Gasteiger partial charge in [0, 0.05) is 6.61 Å². The third kappa shape index (κ3) is 11.7. The second kappa shape index (κ2) is 9.75. The number of ether oxygens (including phenoxy) is 2. The summed E-state index contributed by atoms with van der Waals surface area (Å²) in [6.45, 7) is 9.07. The number of hydrogen-bond donors (Lipinski definition) is 0. The van der Waals surface area contributed by atoms with Crippen molar-refractivity contribution in [2.45, 2.75) is 27.2 Å². The first-order valence-electron chi connectivity index (χ1n) is 4.88. The molecule has 0 aliphatic carbocycles. The number of unbranched alkanes of at least 4 members (excludes halogenated alkanes) is 1. The van der Waals surface area contributed by atoms with Crippen molar-refractivity contribution in [3.8, 4) is 0 Å². The predicted octanol–water partition coefficient (Wildman–Crippen LogP) is 2.60. The van der Waals surface area contributed by atoms with Crippen molar-refractivity contribution >= 4 is 0 Å². The Morgan fingerprint density at radius 3 is 2.46 bits per heavy atom. The minimum absolute atomic E-state index is 0.694. The van der Waals surface area contributed by atoms with Gasteiger partial charge < -0.3 is 9.47 Å². The second-order valence-electron chi connectivity index (χ2n) is 3.08. The Labute approximate surface area is 81.9 Å². The molecule has 0 spiro atoms. The third-order valence-corrected chi connectivity index (χ3v) is 1.50. The molecular formula is C11H21O2. The van der Waals surface area contributed by atoms with E-state index >= 15 is 0 Å². The maximum absolute atomic E-state index is 5.31. The van der Waals surface area contributed by atoms with Gasteiger partial charge in [0.1, 0.15) is 0 Å². The van der Waals surface area contributed by atoms with Gasteiger partial charge in [0.2, 0.25) is 0 Å². The first-order chi connectivity index (χ1) is 6.27. The molecule has 0 rings (SSSR count). The number of allylic oxidation sites excluding steroid dienone is 2. The van der Waals surface area contributed by atoms with Gasteiger partial charge in [0.05, 0.1) is 19.8 Å². The molecule has 0 aromatic rings. The van der Waals surface area contributed by atoms with Crippen LogP contribution in [-0.4, -0.2) is 26.4 Å². The van der Waals surface area contributed by atoms with Gasteiger partial charge in [0.15, 0.2) is 0 Å². The fraction of sp³-hybridized carbons (Fsp3) is 0.727. The molecule has 0 saturated carbocycles. The summed E-state index contributed by atoms with van der Waals surface area (Å²) in [5.74, 6) is 0. The Morgan fingerprint density at radius 2 is 1.85 bits per heavy atom. The van der Waals surface area contributed by atoms with Gasteiger partial charge in [-0.25, -0.2) is 0 Å². The Kier molecular flexibility index (Phi) is 9.49. The van der Waals surface area contributed by atoms with Crippen LogP contribution in [0.15, 0.2) is 11.6 Å². The highest BCUT2D eigenvalue weighted by atomic mass is 16.5. The van der Waals surface area contributed by atoms with Crippen LogP contribution in [0.25, 0.3) is 0 Å². The van der Waals surface area contributed by atoms with Crippen molar-refractivity contribution in [3.05, 3.63) is 18.1 Å². The molecule has 0 heterocycles. The highest BCUT2D eigenvalue weighted by Gasteiger charge is 1.88. The monoisotopic (exact) mass is 185 g/mol. The van der Waals surface area contributed by atoms with Crippen LogP contribution in [0.3, 0.4) is 0 Å². The third-order valence-electron chi connectivity index (χ3n) is 1.50. The van der Waals surface area contributed by atoms with Crippen LogP contribution in [0.1, 0.15) is 27.2 Å². The van der Waals surface area contributed by atoms with E-state index in [1.807, 2.05) is 6.92 Å². The van der Waals surface area contributed by atoms with E-state index in [4.69, 9.17) is 9.47 Å². The van der Waals surface area contributed by atoms with Gasteiger partial charge >= 0.3 is 0 Å². The average molecular weight is 185 g/mol. The quantitative estimate of drug-likeness (QED) is 0.427. The van der Waals surface area contributed by atoms with E-state index in [-0.39, 0.29) is 0 Å². The van der Waals surface area contributed by atoms with E-state index in [1.54, 1.807) is 0 Å². The maximum Gasteiger partial charge on any atom is 0.0700 e. The molecule has 2 heteroatoms. The normalized spacial score (nSPS) is 10.1. The highest BCUT2D eigenvalue weighted by molar-refractivity contribution is 4.95. The first kappa shape index (κ1) is 12.7. The second-order valence-corrected chi connectivity index (χ2v) is 3.08. The summed E-state index contributed by atoms with van der Waals surface area (Å²) >= 11 is 0. The Bertz CT molecular complexity index is 126. The fourth-order valence-corrected chi connectivity index (χ4v) is 0.816. The zero-order valence-electron chi connectivity index (χ0n) is 9.01. The SMILES string of the molecule is CCOCCOC[CH]CC=C(C)C. The summed E-state index contributed by atoms with van der Waals surface area (Å²) in [4.78, 5) is 0. The smallest absolute Gasteiger partial charge is 0.0700 e. The molecule has 0 aromatic heterocycles. The van der Waals surface area contributed by atoms with Crippen molar-refractivity contribution in [2.75, 3.05) is 26.4 Å². The lowest BCUT2D eigenvalue weighted by molar-refractivity contribution is 0.0608. The van der Waals surface area contributed by atoms with Crippen molar-refractivity contribution < 1.29 is 9.47 Å². The van der Waals surface area contributed by atoms with E-state index in [1.165, 1.54) is 5.57 Å². The van der Waals surface area contributed by atoms with Crippen molar-refractivity contribution in [1.29, 1.82) is 0 Å². The molecule has 2 nitrogen and oxygen atoms in total. The van der Waals surface area contributed by atoms with Crippen molar-refractivity contribution in [2.24, 2.45) is 0 Å². The maximum atomic E-state index is 5.31. The largest absolute Gasteiger partial charge is 0.379 e. The molecule has 0 aliphatic rings. The molecule has 0 bridgehead atoms. The molecular weight excluding hydrogens is 164 g/mol. The molecule has 0 aliphatic heterocycles. The minimum atomic E-state index is 0.694. The summed E-state index contributed by atoms with van der Waals surface area (Å²) < 4.78 is 10.4. The van der Waals surface area contributed by atoms with Crippen LogP contribution in [-0.2, 0) is 9.47 Å². The van der Waals surface area contributed by atoms with Crippen molar-refractivity contribution in [1.82, 2.24) is 0 Å². The van der Waals surface area contributed by atoms with E-state index in [0.29, 0.717) is 13.2 Å². The number of hydrogen-bond acceptors (Lipinski definition) is 2. The molecule has 0 aromatic carbocycles. The van der Waals surface area contributed by atoms with Crippen LogP contribution >= 0.6 is 0 Å². The van der Waals surface area contributed by atoms with Crippen LogP contribution < -0.4 is 0 Å². The molecule has 13 heavy (non-hydrogen) atoms. The lowest BCUT2D eigenvalue weighted by Crippen LogP contribution is -2.04. The Hall–Kier alpha value is -0.340. The van der Waals surface area contributed by atoms with Gasteiger partial charge in [-0.15, -0.1) is 0 Å². The zero-order chi connectivity index (χ0) is 9.94. The highest BCUT2D eigenvalue weighted by Crippen LogP contribution is 1.96. The lowest BCUT2D eigenvalue weighted by Gasteiger charge is -2.02. The molecule has 1 radical (unpaired) electrons. The molecule has 0 amide bonds. The standard InChI is InChI=1S/C11H21O2/c1-4-12-9-10-13-8-6-5-7-11(2)3/h6-7H,4-5,8-10H2,1-3H3. The zero-order valence-corrected chi connectivity index (χ0v) is 9.01. The van der Waals surface area contributed by atoms with E-state index in [0.717, 1.165) is 19.6 Å². The Balaban J connectivity index is 2.96. The molecule has 0 fully saturated rings. The van der Waals surface area contributed by atoms with Crippen molar-refractivity contribution in [3.63, 3.8) is 0 Å². The van der Waals surface area contributed by atoms with Crippen LogP contribution in [0.5, 0.6) is 0 Å². The Morgan fingerprint density at radius 1 is 1.15 bits per heavy atom. The summed E-state index contributed by atoms with van der Waals surface area (Å²) in [5, 5.41) is 0. The van der Waals surface area contributed by atoms with Crippen LogP contribution in [0.2, 0.25) is 0 Å². The summed E-state index contributed by atoms with van der Waals surface area (Å²) in [6, 6.07) is 0. The van der Waals surface area contributed by atoms with Crippen LogP contribution in [0, 0.1) is 6.42 Å². The minimum Gasteiger partial charge on any atom is -0.379 e. The average Bonchev–Trinajstić information content (AvgIpc) is 2.09. The molecule has 0 unspecified atom stereocenters. The van der Waals surface area contributed by atoms with E-state index < -0.39 is 0 Å². The van der Waals surface area contributed by atoms with Gasteiger partial charge in [-0.1, -0.05) is 11.6 Å². The van der Waals surface area contributed by atoms with Gasteiger partial charge in [0.25, 0.3) is 0 Å². The van der Waals surface area contributed by atoms with Crippen LogP contribution in [0.4, 0.5) is 0 Å². The molecule has 0 N–H and O–H groups in total. The van der Waals surface area contributed by atoms with E-state index in [9.17, 15) is 0 Å². The molecule has 77 valence electrons. The molecule has 0 atom stereocenters. The molecule has 0 saturated heterocycles. The summed E-state index contributed by atoms with van der Waals surface area (Å²) in [5.41, 5.74) is 1.35. The summed E-state index contributed by atoms with van der Waals surface area (Å²) in [7, 11) is 0. The van der Waals surface area contributed by atoms with Gasteiger partial charge in [-0.3, -0.25) is 0 Å². The fourth-order valence-electron chi connectivity index (χ4n) is 0.816. The number of rotatable bonds is 8. The lowest BCUT2D eigenvalue weighted by atomic mass is 10.2. The summed E-state index contributed by atoms with van der Waals surface area (Å²) in [6.07, 6.45) is 5.31. The van der Waals surface area contributed by atoms with Gasteiger partial charge in [-0.2, -0.15) is 0 Å². The van der Waals surface area contributed by atoms with Gasteiger partial charge in [-0.05, 0) is 33.6 Å². The van der Waals surface area contributed by atoms with E-state index in [2.05, 4.69) is 26.3 Å². The first-order valence-corrected chi connectivity index (χ1v) is 4.88.